The van der Waals surface area contributed by atoms with E-state index in [-0.39, 0.29) is 24.8 Å². The molecule has 0 saturated heterocycles. The summed E-state index contributed by atoms with van der Waals surface area (Å²) in [6.45, 7) is 3.09. The Hall–Kier alpha value is -1.59. The van der Waals surface area contributed by atoms with E-state index in [1.807, 2.05) is 0 Å². The van der Waals surface area contributed by atoms with Crippen LogP contribution in [0.3, 0.4) is 0 Å². The van der Waals surface area contributed by atoms with E-state index in [2.05, 4.69) is 17.6 Å². The van der Waals surface area contributed by atoms with Gasteiger partial charge >= 0.3 is 5.97 Å². The van der Waals surface area contributed by atoms with Gasteiger partial charge in [-0.25, -0.2) is 0 Å². The molecule has 0 radical (unpaired) electrons. The van der Waals surface area contributed by atoms with Crippen LogP contribution in [0.2, 0.25) is 0 Å². The molecule has 0 aliphatic heterocycles. The van der Waals surface area contributed by atoms with E-state index in [0.717, 1.165) is 38.6 Å². The third kappa shape index (κ3) is 22.6. The molecule has 0 bridgehead atoms. The molecule has 0 aromatic rings. The molecular formula is C23H44N2O4. The lowest BCUT2D eigenvalue weighted by Gasteiger charge is -2.05. The van der Waals surface area contributed by atoms with Crippen LogP contribution in [0.4, 0.5) is 0 Å². The molecule has 0 heterocycles. The van der Waals surface area contributed by atoms with Crippen LogP contribution >= 0.6 is 0 Å². The molecular weight excluding hydrogens is 368 g/mol. The second-order valence-corrected chi connectivity index (χ2v) is 7.94. The van der Waals surface area contributed by atoms with Crippen LogP contribution in [0, 0.1) is 0 Å². The lowest BCUT2D eigenvalue weighted by molar-refractivity contribution is -0.137. The average Bonchev–Trinajstić information content (AvgIpc) is 2.69. The van der Waals surface area contributed by atoms with Crippen molar-refractivity contribution in [3.8, 4) is 0 Å². The molecule has 6 nitrogen and oxygen atoms in total. The molecule has 29 heavy (non-hydrogen) atoms. The van der Waals surface area contributed by atoms with Gasteiger partial charge in [0.1, 0.15) is 0 Å². The molecule has 2 amide bonds. The van der Waals surface area contributed by atoms with Crippen molar-refractivity contribution in [1.29, 1.82) is 0 Å². The van der Waals surface area contributed by atoms with E-state index in [9.17, 15) is 14.4 Å². The Balaban J connectivity index is 3.17. The van der Waals surface area contributed by atoms with Gasteiger partial charge in [0.2, 0.25) is 11.8 Å². The van der Waals surface area contributed by atoms with Gasteiger partial charge in [0, 0.05) is 25.9 Å². The summed E-state index contributed by atoms with van der Waals surface area (Å²) in [4.78, 5) is 33.3. The molecule has 0 aromatic carbocycles. The number of amides is 2. The highest BCUT2D eigenvalue weighted by molar-refractivity contribution is 5.76. The molecule has 0 spiro atoms. The highest BCUT2D eigenvalue weighted by atomic mass is 16.4. The number of unbranched alkanes of at least 4 members (excludes halogenated alkanes) is 12. The van der Waals surface area contributed by atoms with Crippen molar-refractivity contribution >= 4 is 17.8 Å². The molecule has 0 unspecified atom stereocenters. The predicted octanol–water partition coefficient (Wildman–Crippen LogP) is 4.96. The first kappa shape index (κ1) is 27.4. The van der Waals surface area contributed by atoms with E-state index in [0.29, 0.717) is 12.8 Å². The minimum atomic E-state index is -0.881. The summed E-state index contributed by atoms with van der Waals surface area (Å²) in [6, 6.07) is 0. The fourth-order valence-corrected chi connectivity index (χ4v) is 3.27. The van der Waals surface area contributed by atoms with Gasteiger partial charge in [-0.2, -0.15) is 0 Å². The van der Waals surface area contributed by atoms with Crippen LogP contribution < -0.4 is 10.6 Å². The standard InChI is InChI=1S/C23H44N2O4/c1-2-19-24-21(26)16-14-12-10-8-6-4-3-5-7-9-11-13-15-17-22(27)25-20-18-23(28)29/h2-20H2,1H3,(H,24,26)(H,25,27)(H,28,29). The molecule has 0 aromatic heterocycles. The minimum absolute atomic E-state index is 0.0103. The van der Waals surface area contributed by atoms with Gasteiger partial charge < -0.3 is 15.7 Å². The zero-order chi connectivity index (χ0) is 21.6. The van der Waals surface area contributed by atoms with Gasteiger partial charge in [0.15, 0.2) is 0 Å². The lowest BCUT2D eigenvalue weighted by atomic mass is 10.0. The predicted molar refractivity (Wildman–Crippen MR) is 118 cm³/mol. The number of carbonyl (C=O) groups is 3. The fraction of sp³-hybridized carbons (Fsp3) is 0.870. The van der Waals surface area contributed by atoms with Gasteiger partial charge in [0.05, 0.1) is 6.42 Å². The number of nitrogens with one attached hydrogen (secondary N) is 2. The number of hydrogen-bond donors (Lipinski definition) is 3. The maximum atomic E-state index is 11.5. The van der Waals surface area contributed by atoms with Crippen LogP contribution in [-0.2, 0) is 14.4 Å². The van der Waals surface area contributed by atoms with E-state index in [1.165, 1.54) is 57.8 Å². The lowest BCUT2D eigenvalue weighted by Crippen LogP contribution is -2.25. The molecule has 0 aliphatic carbocycles. The van der Waals surface area contributed by atoms with E-state index in [4.69, 9.17) is 5.11 Å². The summed E-state index contributed by atoms with van der Waals surface area (Å²) in [5.74, 6) is -0.717. The van der Waals surface area contributed by atoms with Crippen molar-refractivity contribution in [2.45, 2.75) is 116 Å². The quantitative estimate of drug-likeness (QED) is 0.232. The van der Waals surface area contributed by atoms with Gasteiger partial charge in [-0.1, -0.05) is 77.6 Å². The smallest absolute Gasteiger partial charge is 0.305 e. The summed E-state index contributed by atoms with van der Waals surface area (Å²) >= 11 is 0. The molecule has 0 atom stereocenters. The Bertz CT molecular complexity index is 427. The molecule has 6 heteroatoms. The molecule has 0 rings (SSSR count). The van der Waals surface area contributed by atoms with Gasteiger partial charge in [-0.05, 0) is 19.3 Å². The van der Waals surface area contributed by atoms with Crippen molar-refractivity contribution in [3.63, 3.8) is 0 Å². The van der Waals surface area contributed by atoms with Crippen molar-refractivity contribution in [2.24, 2.45) is 0 Å². The van der Waals surface area contributed by atoms with Gasteiger partial charge in [-0.3, -0.25) is 14.4 Å². The zero-order valence-corrected chi connectivity index (χ0v) is 18.6. The minimum Gasteiger partial charge on any atom is -0.481 e. The van der Waals surface area contributed by atoms with Crippen LogP contribution in [0.1, 0.15) is 116 Å². The summed E-state index contributed by atoms with van der Waals surface area (Å²) in [6.07, 6.45) is 17.7. The summed E-state index contributed by atoms with van der Waals surface area (Å²) in [5, 5.41) is 14.1. The van der Waals surface area contributed by atoms with Crippen LogP contribution in [0.5, 0.6) is 0 Å². The number of hydrogen-bond acceptors (Lipinski definition) is 3. The zero-order valence-electron chi connectivity index (χ0n) is 18.6. The van der Waals surface area contributed by atoms with Crippen molar-refractivity contribution in [2.75, 3.05) is 13.1 Å². The molecule has 0 aliphatic rings. The Labute approximate surface area is 177 Å². The maximum Gasteiger partial charge on any atom is 0.305 e. The number of aliphatic carboxylic acids is 1. The first-order valence-electron chi connectivity index (χ1n) is 11.8. The van der Waals surface area contributed by atoms with Crippen molar-refractivity contribution in [1.82, 2.24) is 10.6 Å². The summed E-state index contributed by atoms with van der Waals surface area (Å²) in [7, 11) is 0. The third-order valence-corrected chi connectivity index (χ3v) is 5.04. The number of rotatable bonds is 21. The SMILES string of the molecule is CCCNC(=O)CCCCCCCCCCCCCCCC(=O)NCCC(=O)O. The van der Waals surface area contributed by atoms with E-state index in [1.54, 1.807) is 0 Å². The number of carbonyl (C=O) groups excluding carboxylic acids is 2. The Morgan fingerprint density at radius 1 is 0.552 bits per heavy atom. The number of carboxylic acids is 1. The topological polar surface area (TPSA) is 95.5 Å². The largest absolute Gasteiger partial charge is 0.481 e. The molecule has 0 fully saturated rings. The van der Waals surface area contributed by atoms with E-state index < -0.39 is 5.97 Å². The molecule has 170 valence electrons. The summed E-state index contributed by atoms with van der Waals surface area (Å²) in [5.41, 5.74) is 0. The van der Waals surface area contributed by atoms with E-state index >= 15 is 0 Å². The van der Waals surface area contributed by atoms with Crippen molar-refractivity contribution < 1.29 is 19.5 Å². The second kappa shape index (κ2) is 21.1. The van der Waals surface area contributed by atoms with Crippen LogP contribution in [0.15, 0.2) is 0 Å². The highest BCUT2D eigenvalue weighted by Crippen LogP contribution is 2.13. The normalized spacial score (nSPS) is 10.7. The fourth-order valence-electron chi connectivity index (χ4n) is 3.27. The summed E-state index contributed by atoms with van der Waals surface area (Å²) < 4.78 is 0. The Morgan fingerprint density at radius 2 is 0.897 bits per heavy atom. The Morgan fingerprint density at radius 3 is 1.24 bits per heavy atom. The van der Waals surface area contributed by atoms with Crippen LogP contribution in [-0.4, -0.2) is 36.0 Å². The Kier molecular flexibility index (Phi) is 20.0. The second-order valence-electron chi connectivity index (χ2n) is 7.94. The molecule has 0 saturated carbocycles. The van der Waals surface area contributed by atoms with Gasteiger partial charge in [0.25, 0.3) is 0 Å². The highest BCUT2D eigenvalue weighted by Gasteiger charge is 2.02. The monoisotopic (exact) mass is 412 g/mol. The first-order valence-corrected chi connectivity index (χ1v) is 11.8. The molecule has 3 N–H and O–H groups in total. The average molecular weight is 413 g/mol. The third-order valence-electron chi connectivity index (χ3n) is 5.04. The van der Waals surface area contributed by atoms with Crippen molar-refractivity contribution in [3.05, 3.63) is 0 Å². The van der Waals surface area contributed by atoms with Gasteiger partial charge in [-0.15, -0.1) is 0 Å². The van der Waals surface area contributed by atoms with Crippen LogP contribution in [0.25, 0.3) is 0 Å². The first-order chi connectivity index (χ1) is 14.1. The number of carboxylic acid groups (broad SMARTS) is 1. The maximum absolute atomic E-state index is 11.5.